The predicted octanol–water partition coefficient (Wildman–Crippen LogP) is 2.06. The van der Waals surface area contributed by atoms with Gasteiger partial charge in [0.1, 0.15) is 12.1 Å². The van der Waals surface area contributed by atoms with Crippen LogP contribution in [0.25, 0.3) is 0 Å². The second kappa shape index (κ2) is 4.79. The van der Waals surface area contributed by atoms with Gasteiger partial charge >= 0.3 is 5.97 Å². The van der Waals surface area contributed by atoms with E-state index in [4.69, 9.17) is 0 Å². The molecule has 19 heavy (non-hydrogen) atoms. The Labute approximate surface area is 114 Å². The number of aliphatic hydroxyl groups is 1. The van der Waals surface area contributed by atoms with Gasteiger partial charge in [0.05, 0.1) is 5.69 Å². The van der Waals surface area contributed by atoms with Gasteiger partial charge in [0.2, 0.25) is 0 Å². The summed E-state index contributed by atoms with van der Waals surface area (Å²) in [6.07, 6.45) is 2.02. The predicted molar refractivity (Wildman–Crippen MR) is 70.5 cm³/mol. The number of rotatable bonds is 3. The summed E-state index contributed by atoms with van der Waals surface area (Å²) in [6.45, 7) is 0. The largest absolute Gasteiger partial charge is 0.476 e. The number of carboxylic acid groups (broad SMARTS) is 1. The van der Waals surface area contributed by atoms with Crippen LogP contribution in [0.1, 0.15) is 46.0 Å². The average Bonchev–Trinajstić information content (AvgIpc) is 2.98. The zero-order valence-corrected chi connectivity index (χ0v) is 11.1. The van der Waals surface area contributed by atoms with E-state index in [0.717, 1.165) is 11.3 Å². The minimum atomic E-state index is -1.02. The number of nitrogens with zero attached hydrogens (tertiary/aromatic N) is 2. The molecular formula is C13H14N2O3S. The van der Waals surface area contributed by atoms with Crippen LogP contribution in [0.15, 0.2) is 17.5 Å². The van der Waals surface area contributed by atoms with Crippen molar-refractivity contribution >= 4 is 17.3 Å². The Morgan fingerprint density at radius 2 is 2.42 bits per heavy atom. The van der Waals surface area contributed by atoms with E-state index in [0.29, 0.717) is 30.8 Å². The number of fused-ring (bicyclic) bond motifs is 1. The minimum Gasteiger partial charge on any atom is -0.476 e. The van der Waals surface area contributed by atoms with Crippen LogP contribution in [0.2, 0.25) is 0 Å². The molecule has 0 fully saturated rings. The van der Waals surface area contributed by atoms with E-state index in [1.165, 1.54) is 0 Å². The van der Waals surface area contributed by atoms with Crippen molar-refractivity contribution in [3.05, 3.63) is 39.6 Å². The highest BCUT2D eigenvalue weighted by Gasteiger charge is 2.28. The van der Waals surface area contributed by atoms with Gasteiger partial charge in [-0.3, -0.25) is 0 Å². The number of hydrogen-bond donors (Lipinski definition) is 2. The van der Waals surface area contributed by atoms with E-state index in [1.807, 2.05) is 17.5 Å². The zero-order valence-electron chi connectivity index (χ0n) is 10.2. The second-order valence-electron chi connectivity index (χ2n) is 4.63. The van der Waals surface area contributed by atoms with E-state index in [1.54, 1.807) is 15.9 Å². The molecule has 0 aromatic carbocycles. The first-order chi connectivity index (χ1) is 9.16. The number of hydrogen-bond acceptors (Lipinski definition) is 4. The molecule has 3 rings (SSSR count). The van der Waals surface area contributed by atoms with Gasteiger partial charge in [0, 0.05) is 11.3 Å². The fourth-order valence-corrected chi connectivity index (χ4v) is 3.26. The van der Waals surface area contributed by atoms with E-state index in [9.17, 15) is 15.0 Å². The van der Waals surface area contributed by atoms with Crippen molar-refractivity contribution in [3.8, 4) is 0 Å². The molecule has 0 bridgehead atoms. The van der Waals surface area contributed by atoms with Gasteiger partial charge < -0.3 is 14.8 Å². The standard InChI is InChI=1S/C13H14N2O3S/c16-11-5-1-4-9-12(13(17)18)14-10(15(9)11)7-8-3-2-6-19-8/h2-3,6,11,16H,1,4-5,7H2,(H,17,18). The summed E-state index contributed by atoms with van der Waals surface area (Å²) in [6, 6.07) is 3.94. The third kappa shape index (κ3) is 2.17. The summed E-state index contributed by atoms with van der Waals surface area (Å²) in [5, 5.41) is 21.3. The highest BCUT2D eigenvalue weighted by molar-refractivity contribution is 7.09. The molecule has 100 valence electrons. The highest BCUT2D eigenvalue weighted by atomic mass is 32.1. The average molecular weight is 278 g/mol. The normalized spacial score (nSPS) is 18.3. The van der Waals surface area contributed by atoms with Gasteiger partial charge in [0.25, 0.3) is 0 Å². The van der Waals surface area contributed by atoms with Crippen LogP contribution >= 0.6 is 11.3 Å². The molecule has 3 heterocycles. The van der Waals surface area contributed by atoms with Crippen molar-refractivity contribution in [3.63, 3.8) is 0 Å². The number of imidazole rings is 1. The fourth-order valence-electron chi connectivity index (χ4n) is 2.55. The van der Waals surface area contributed by atoms with Gasteiger partial charge in [-0.15, -0.1) is 11.3 Å². The lowest BCUT2D eigenvalue weighted by molar-refractivity contribution is 0.0675. The molecule has 0 aliphatic carbocycles. The van der Waals surface area contributed by atoms with Crippen LogP contribution in [0.5, 0.6) is 0 Å². The summed E-state index contributed by atoms with van der Waals surface area (Å²) in [4.78, 5) is 16.6. The number of aromatic nitrogens is 2. The number of aliphatic hydroxyl groups excluding tert-OH is 1. The van der Waals surface area contributed by atoms with E-state index in [-0.39, 0.29) is 5.69 Å². The molecule has 6 heteroatoms. The van der Waals surface area contributed by atoms with E-state index in [2.05, 4.69) is 4.98 Å². The number of carboxylic acids is 1. The quantitative estimate of drug-likeness (QED) is 0.901. The van der Waals surface area contributed by atoms with Crippen molar-refractivity contribution in [2.75, 3.05) is 0 Å². The summed E-state index contributed by atoms with van der Waals surface area (Å²) < 4.78 is 1.70. The van der Waals surface area contributed by atoms with Crippen LogP contribution in [-0.4, -0.2) is 25.7 Å². The maximum absolute atomic E-state index is 11.2. The second-order valence-corrected chi connectivity index (χ2v) is 5.66. The maximum atomic E-state index is 11.2. The third-order valence-corrected chi connectivity index (χ3v) is 4.25. The molecule has 2 aromatic heterocycles. The minimum absolute atomic E-state index is 0.0882. The molecule has 1 aliphatic heterocycles. The topological polar surface area (TPSA) is 75.3 Å². The van der Waals surface area contributed by atoms with Gasteiger partial charge in [-0.05, 0) is 30.7 Å². The molecular weight excluding hydrogens is 264 g/mol. The first-order valence-electron chi connectivity index (χ1n) is 6.20. The van der Waals surface area contributed by atoms with Gasteiger partial charge in [-0.25, -0.2) is 9.78 Å². The lowest BCUT2D eigenvalue weighted by Crippen LogP contribution is -2.20. The van der Waals surface area contributed by atoms with Crippen LogP contribution in [0.3, 0.4) is 0 Å². The number of carbonyl (C=O) groups is 1. The molecule has 5 nitrogen and oxygen atoms in total. The van der Waals surface area contributed by atoms with Crippen LogP contribution in [-0.2, 0) is 12.8 Å². The molecule has 2 N–H and O–H groups in total. The Hall–Kier alpha value is -1.66. The van der Waals surface area contributed by atoms with Crippen molar-refractivity contribution in [1.82, 2.24) is 9.55 Å². The van der Waals surface area contributed by atoms with Gasteiger partial charge in [0.15, 0.2) is 5.69 Å². The highest BCUT2D eigenvalue weighted by Crippen LogP contribution is 2.29. The van der Waals surface area contributed by atoms with Crippen LogP contribution in [0.4, 0.5) is 0 Å². The summed E-state index contributed by atoms with van der Waals surface area (Å²) >= 11 is 1.60. The summed E-state index contributed by atoms with van der Waals surface area (Å²) in [7, 11) is 0. The van der Waals surface area contributed by atoms with Crippen molar-refractivity contribution in [2.24, 2.45) is 0 Å². The molecule has 0 radical (unpaired) electrons. The zero-order chi connectivity index (χ0) is 13.4. The summed E-state index contributed by atoms with van der Waals surface area (Å²) in [5.41, 5.74) is 0.739. The Morgan fingerprint density at radius 1 is 1.58 bits per heavy atom. The Balaban J connectivity index is 2.06. The Kier molecular flexibility index (Phi) is 3.12. The fraction of sp³-hybridized carbons (Fsp3) is 0.385. The van der Waals surface area contributed by atoms with Gasteiger partial charge in [-0.2, -0.15) is 0 Å². The SMILES string of the molecule is O=C(O)c1nc(Cc2cccs2)n2c1CCCC2O. The van der Waals surface area contributed by atoms with Crippen molar-refractivity contribution < 1.29 is 15.0 Å². The molecule has 1 unspecified atom stereocenters. The first kappa shape index (κ1) is 12.4. The molecule has 0 saturated carbocycles. The van der Waals surface area contributed by atoms with Crippen LogP contribution in [0, 0.1) is 0 Å². The maximum Gasteiger partial charge on any atom is 0.356 e. The van der Waals surface area contributed by atoms with Crippen molar-refractivity contribution in [2.45, 2.75) is 31.9 Å². The molecule has 0 saturated heterocycles. The molecule has 1 aliphatic rings. The lowest BCUT2D eigenvalue weighted by Gasteiger charge is -2.23. The van der Waals surface area contributed by atoms with Crippen molar-refractivity contribution in [1.29, 1.82) is 0 Å². The van der Waals surface area contributed by atoms with Crippen LogP contribution < -0.4 is 0 Å². The molecule has 0 amide bonds. The third-order valence-electron chi connectivity index (χ3n) is 3.37. The molecule has 0 spiro atoms. The lowest BCUT2D eigenvalue weighted by atomic mass is 10.1. The summed E-state index contributed by atoms with van der Waals surface area (Å²) in [5.74, 6) is -0.377. The first-order valence-corrected chi connectivity index (χ1v) is 7.08. The number of thiophene rings is 1. The van der Waals surface area contributed by atoms with Gasteiger partial charge in [-0.1, -0.05) is 6.07 Å². The molecule has 1 atom stereocenters. The van der Waals surface area contributed by atoms with E-state index < -0.39 is 12.2 Å². The van der Waals surface area contributed by atoms with E-state index >= 15 is 0 Å². The Morgan fingerprint density at radius 3 is 3.11 bits per heavy atom. The molecule has 2 aromatic rings. The monoisotopic (exact) mass is 278 g/mol. The smallest absolute Gasteiger partial charge is 0.356 e. The Bertz CT molecular complexity index is 604. The number of aromatic carboxylic acids is 1.